The molecule has 2 aromatic heterocycles. The molecule has 1 N–H and O–H groups in total. The highest BCUT2D eigenvalue weighted by Gasteiger charge is 2.34. The van der Waals surface area contributed by atoms with Crippen molar-refractivity contribution in [1.29, 1.82) is 0 Å². The van der Waals surface area contributed by atoms with E-state index in [9.17, 15) is 24.3 Å². The molecule has 4 aromatic rings. The monoisotopic (exact) mass is 673 g/mol. The van der Waals surface area contributed by atoms with Gasteiger partial charge in [0, 0.05) is 17.1 Å². The summed E-state index contributed by atoms with van der Waals surface area (Å²) in [6.45, 7) is 9.09. The van der Waals surface area contributed by atoms with Crippen LogP contribution in [0.1, 0.15) is 59.7 Å². The second kappa shape index (κ2) is 14.1. The number of hydrogen-bond donors (Lipinski definition) is 1. The SMILES string of the molecule is CCOC(=O)C1=C(C)N=c2s/c(=C\c3cc(C)n(-c4cccc(C(=O)O)c4)c3C)c(=O)n2[C@H]1c1ccc(OCC(=O)OC)c(OCC)c1. The van der Waals surface area contributed by atoms with Crippen LogP contribution in [0.25, 0.3) is 11.8 Å². The number of thiazole rings is 1. The topological polar surface area (TPSA) is 148 Å². The maximum Gasteiger partial charge on any atom is 0.343 e. The fraction of sp³-hybridized carbons (Fsp3) is 0.286. The Bertz CT molecular complexity index is 2140. The minimum absolute atomic E-state index is 0.127. The summed E-state index contributed by atoms with van der Waals surface area (Å²) in [7, 11) is 1.26. The molecule has 0 bridgehead atoms. The molecule has 3 heterocycles. The van der Waals surface area contributed by atoms with Gasteiger partial charge in [-0.15, -0.1) is 0 Å². The van der Waals surface area contributed by atoms with Crippen molar-refractivity contribution < 1.29 is 38.4 Å². The van der Waals surface area contributed by atoms with Crippen LogP contribution in [0.3, 0.4) is 0 Å². The van der Waals surface area contributed by atoms with Crippen LogP contribution in [-0.2, 0) is 19.1 Å². The molecule has 0 saturated carbocycles. The predicted molar refractivity (Wildman–Crippen MR) is 178 cm³/mol. The van der Waals surface area contributed by atoms with Gasteiger partial charge in [0.05, 0.1) is 47.7 Å². The summed E-state index contributed by atoms with van der Waals surface area (Å²) in [5, 5.41) is 9.50. The first kappa shape index (κ1) is 33.9. The quantitative estimate of drug-likeness (QED) is 0.235. The fourth-order valence-electron chi connectivity index (χ4n) is 5.64. The number of allylic oxidation sites excluding steroid dienone is 1. The Morgan fingerprint density at radius 2 is 1.77 bits per heavy atom. The maximum atomic E-state index is 14.2. The van der Waals surface area contributed by atoms with Gasteiger partial charge in [-0.3, -0.25) is 9.36 Å². The van der Waals surface area contributed by atoms with Crippen LogP contribution >= 0.6 is 11.3 Å². The first-order valence-corrected chi connectivity index (χ1v) is 16.0. The largest absolute Gasteiger partial charge is 0.490 e. The Kier molecular flexibility index (Phi) is 9.99. The summed E-state index contributed by atoms with van der Waals surface area (Å²) in [5.41, 5.74) is 4.08. The third-order valence-electron chi connectivity index (χ3n) is 7.78. The number of aromatic nitrogens is 2. The fourth-order valence-corrected chi connectivity index (χ4v) is 6.67. The molecule has 0 amide bonds. The molecule has 0 fully saturated rings. The zero-order valence-corrected chi connectivity index (χ0v) is 28.2. The first-order chi connectivity index (χ1) is 23.0. The zero-order valence-electron chi connectivity index (χ0n) is 27.4. The Morgan fingerprint density at radius 3 is 2.46 bits per heavy atom. The van der Waals surface area contributed by atoms with Gasteiger partial charge in [0.1, 0.15) is 0 Å². The van der Waals surface area contributed by atoms with E-state index < -0.39 is 23.9 Å². The van der Waals surface area contributed by atoms with Crippen LogP contribution < -0.4 is 24.4 Å². The summed E-state index contributed by atoms with van der Waals surface area (Å²) in [6, 6.07) is 12.7. The van der Waals surface area contributed by atoms with Crippen molar-refractivity contribution in [1.82, 2.24) is 9.13 Å². The number of aromatic carboxylic acids is 1. The number of carbonyl (C=O) groups is 3. The Morgan fingerprint density at radius 1 is 1.00 bits per heavy atom. The van der Waals surface area contributed by atoms with Crippen LogP contribution in [0.2, 0.25) is 0 Å². The Labute approximate surface area is 279 Å². The highest BCUT2D eigenvalue weighted by atomic mass is 32.1. The van der Waals surface area contributed by atoms with Gasteiger partial charge < -0.3 is 28.6 Å². The normalized spacial score (nSPS) is 14.3. The Hall–Kier alpha value is -5.43. The second-order valence-corrected chi connectivity index (χ2v) is 11.8. The predicted octanol–water partition coefficient (Wildman–Crippen LogP) is 3.85. The number of benzene rings is 2. The van der Waals surface area contributed by atoms with Gasteiger partial charge in [-0.1, -0.05) is 23.5 Å². The van der Waals surface area contributed by atoms with E-state index in [0.29, 0.717) is 44.4 Å². The van der Waals surface area contributed by atoms with Gasteiger partial charge in [0.25, 0.3) is 5.56 Å². The van der Waals surface area contributed by atoms with E-state index in [1.807, 2.05) is 30.5 Å². The zero-order chi connectivity index (χ0) is 34.7. The van der Waals surface area contributed by atoms with E-state index in [4.69, 9.17) is 14.2 Å². The van der Waals surface area contributed by atoms with Crippen LogP contribution in [0.15, 0.2) is 69.6 Å². The molecule has 0 unspecified atom stereocenters. The lowest BCUT2D eigenvalue weighted by atomic mass is 9.95. The number of carboxylic acids is 1. The third kappa shape index (κ3) is 6.54. The van der Waals surface area contributed by atoms with Gasteiger partial charge in [-0.25, -0.2) is 19.4 Å². The lowest BCUT2D eigenvalue weighted by Gasteiger charge is -2.25. The molecule has 0 radical (unpaired) electrons. The molecule has 1 aliphatic heterocycles. The molecule has 250 valence electrons. The van der Waals surface area contributed by atoms with E-state index in [1.165, 1.54) is 29.1 Å². The first-order valence-electron chi connectivity index (χ1n) is 15.2. The molecule has 1 atom stereocenters. The molecule has 2 aromatic carbocycles. The van der Waals surface area contributed by atoms with Gasteiger partial charge >= 0.3 is 17.9 Å². The van der Waals surface area contributed by atoms with Crippen molar-refractivity contribution in [2.24, 2.45) is 4.99 Å². The maximum absolute atomic E-state index is 14.2. The number of fused-ring (bicyclic) bond motifs is 1. The number of rotatable bonds is 11. The molecule has 48 heavy (non-hydrogen) atoms. The van der Waals surface area contributed by atoms with Crippen molar-refractivity contribution in [3.8, 4) is 17.2 Å². The van der Waals surface area contributed by atoms with Crippen LogP contribution in [0, 0.1) is 13.8 Å². The lowest BCUT2D eigenvalue weighted by molar-refractivity contribution is -0.143. The van der Waals surface area contributed by atoms with Gasteiger partial charge in [-0.2, -0.15) is 0 Å². The summed E-state index contributed by atoms with van der Waals surface area (Å²) >= 11 is 1.19. The van der Waals surface area contributed by atoms with E-state index in [2.05, 4.69) is 9.73 Å². The highest BCUT2D eigenvalue weighted by Crippen LogP contribution is 2.36. The molecule has 13 heteroatoms. The molecular formula is C35H35N3O9S. The number of esters is 2. The lowest BCUT2D eigenvalue weighted by Crippen LogP contribution is -2.40. The van der Waals surface area contributed by atoms with Crippen molar-refractivity contribution in [2.45, 2.75) is 40.7 Å². The standard InChI is InChI=1S/C35H35N3O9S/c1-7-45-27-16-22(12-13-26(27)47-18-29(39)44-6)31-30(34(43)46-8-2)20(4)36-35-38(31)32(40)28(48-35)17-24-14-19(3)37(21(24)5)25-11-9-10-23(15-25)33(41)42/h9-17,31H,7-8,18H2,1-6H3,(H,41,42)/b28-17-/t31-/m0/s1. The van der Waals surface area contributed by atoms with E-state index in [-0.39, 0.29) is 29.9 Å². The molecule has 1 aliphatic rings. The number of carbonyl (C=O) groups excluding carboxylic acids is 2. The minimum atomic E-state index is -1.02. The average molecular weight is 674 g/mol. The van der Waals surface area contributed by atoms with Crippen molar-refractivity contribution in [2.75, 3.05) is 26.9 Å². The highest BCUT2D eigenvalue weighted by molar-refractivity contribution is 7.07. The number of hydrogen-bond acceptors (Lipinski definition) is 10. The molecule has 12 nitrogen and oxygen atoms in total. The van der Waals surface area contributed by atoms with Crippen molar-refractivity contribution in [3.05, 3.63) is 108 Å². The van der Waals surface area contributed by atoms with Crippen molar-refractivity contribution in [3.63, 3.8) is 0 Å². The number of ether oxygens (including phenoxy) is 4. The summed E-state index contributed by atoms with van der Waals surface area (Å²) in [5.74, 6) is -1.58. The van der Waals surface area contributed by atoms with Crippen molar-refractivity contribution >= 4 is 35.3 Å². The Balaban J connectivity index is 1.66. The summed E-state index contributed by atoms with van der Waals surface area (Å²) in [4.78, 5) is 56.0. The molecular weight excluding hydrogens is 638 g/mol. The number of methoxy groups -OCH3 is 1. The summed E-state index contributed by atoms with van der Waals surface area (Å²) in [6.07, 6.45) is 1.78. The smallest absolute Gasteiger partial charge is 0.343 e. The van der Waals surface area contributed by atoms with Crippen LogP contribution in [0.4, 0.5) is 0 Å². The van der Waals surface area contributed by atoms with Gasteiger partial charge in [-0.05, 0) is 88.2 Å². The number of aryl methyl sites for hydroxylation is 1. The molecule has 0 spiro atoms. The average Bonchev–Trinajstić information content (AvgIpc) is 3.52. The van der Waals surface area contributed by atoms with E-state index in [0.717, 1.165) is 17.0 Å². The molecule has 0 saturated heterocycles. The van der Waals surface area contributed by atoms with Gasteiger partial charge in [0.15, 0.2) is 22.9 Å². The molecule has 5 rings (SSSR count). The van der Waals surface area contributed by atoms with Crippen LogP contribution in [-0.4, -0.2) is 59.1 Å². The summed E-state index contributed by atoms with van der Waals surface area (Å²) < 4.78 is 25.4. The second-order valence-electron chi connectivity index (χ2n) is 10.8. The van der Waals surface area contributed by atoms with E-state index >= 15 is 0 Å². The third-order valence-corrected chi connectivity index (χ3v) is 8.76. The van der Waals surface area contributed by atoms with Gasteiger partial charge in [0.2, 0.25) is 0 Å². The van der Waals surface area contributed by atoms with E-state index in [1.54, 1.807) is 57.2 Å². The van der Waals surface area contributed by atoms with Crippen LogP contribution in [0.5, 0.6) is 11.5 Å². The minimum Gasteiger partial charge on any atom is -0.490 e. The number of carboxylic acid groups (broad SMARTS) is 1. The molecule has 0 aliphatic carbocycles. The number of nitrogens with zero attached hydrogens (tertiary/aromatic N) is 3.